The van der Waals surface area contributed by atoms with Crippen molar-refractivity contribution < 1.29 is 28.6 Å². The van der Waals surface area contributed by atoms with Crippen LogP contribution >= 0.6 is 0 Å². The molecule has 0 aromatic rings. The molecular weight excluding hydrogens is 440 g/mol. The molecule has 34 heavy (non-hydrogen) atoms. The second-order valence-corrected chi connectivity index (χ2v) is 8.34. The van der Waals surface area contributed by atoms with E-state index in [-0.39, 0.29) is 76.6 Å². The zero-order valence-corrected chi connectivity index (χ0v) is 21.8. The van der Waals surface area contributed by atoms with Crippen molar-refractivity contribution in [2.24, 2.45) is 0 Å². The second kappa shape index (κ2) is 21.8. The maximum absolute atomic E-state index is 11.9. The van der Waals surface area contributed by atoms with Crippen LogP contribution in [0.5, 0.6) is 0 Å². The van der Waals surface area contributed by atoms with Gasteiger partial charge in [0, 0.05) is 38.9 Å². The molecule has 0 bridgehead atoms. The summed E-state index contributed by atoms with van der Waals surface area (Å²) in [5.74, 6) is -0.125. The van der Waals surface area contributed by atoms with Crippen LogP contribution < -0.4 is 21.3 Å². The fourth-order valence-corrected chi connectivity index (χ4v) is 2.84. The molecule has 0 rings (SSSR count). The van der Waals surface area contributed by atoms with Gasteiger partial charge in [-0.2, -0.15) is 0 Å². The van der Waals surface area contributed by atoms with Gasteiger partial charge in [-0.3, -0.25) is 14.4 Å². The Morgan fingerprint density at radius 3 is 1.32 bits per heavy atom. The van der Waals surface area contributed by atoms with Crippen LogP contribution in [-0.4, -0.2) is 89.6 Å². The fraction of sp³-hybridized carbons (Fsp3) is 0.875. The molecule has 10 heteroatoms. The maximum atomic E-state index is 11.9. The average molecular weight is 489 g/mol. The topological polar surface area (TPSA) is 127 Å². The molecule has 3 amide bonds. The van der Waals surface area contributed by atoms with E-state index in [9.17, 15) is 14.4 Å². The average Bonchev–Trinajstić information content (AvgIpc) is 2.84. The molecule has 0 heterocycles. The lowest BCUT2D eigenvalue weighted by Crippen LogP contribution is -2.55. The predicted molar refractivity (Wildman–Crippen MR) is 133 cm³/mol. The summed E-state index contributed by atoms with van der Waals surface area (Å²) in [5, 5.41) is 11.7. The van der Waals surface area contributed by atoms with E-state index in [4.69, 9.17) is 14.2 Å². The van der Waals surface area contributed by atoms with E-state index in [2.05, 4.69) is 28.2 Å². The predicted octanol–water partition coefficient (Wildman–Crippen LogP) is 1.13. The minimum Gasteiger partial charge on any atom is -0.379 e. The Morgan fingerprint density at radius 1 is 0.618 bits per heavy atom. The van der Waals surface area contributed by atoms with E-state index in [1.807, 2.05) is 13.8 Å². The van der Waals surface area contributed by atoms with Gasteiger partial charge in [-0.05, 0) is 26.3 Å². The molecule has 0 saturated heterocycles. The summed E-state index contributed by atoms with van der Waals surface area (Å²) in [7, 11) is 1.79. The molecule has 200 valence electrons. The number of nitrogens with one attached hydrogen (secondary N) is 4. The summed E-state index contributed by atoms with van der Waals surface area (Å²) in [6.45, 7) is 9.66. The molecule has 0 unspecified atom stereocenters. The van der Waals surface area contributed by atoms with Crippen molar-refractivity contribution in [3.63, 3.8) is 0 Å². The molecular formula is C24H48N4O6. The lowest BCUT2D eigenvalue weighted by Gasteiger charge is -2.33. The van der Waals surface area contributed by atoms with Gasteiger partial charge in [-0.25, -0.2) is 0 Å². The summed E-state index contributed by atoms with van der Waals surface area (Å²) in [6, 6.07) is 0. The van der Waals surface area contributed by atoms with Gasteiger partial charge >= 0.3 is 0 Å². The highest BCUT2D eigenvalue weighted by Gasteiger charge is 2.30. The largest absolute Gasteiger partial charge is 0.379 e. The third-order valence-corrected chi connectivity index (χ3v) is 5.08. The number of unbranched alkanes of at least 4 members (excludes halogenated alkanes) is 1. The summed E-state index contributed by atoms with van der Waals surface area (Å²) in [4.78, 5) is 35.4. The van der Waals surface area contributed by atoms with Gasteiger partial charge in [-0.15, -0.1) is 0 Å². The van der Waals surface area contributed by atoms with Crippen LogP contribution in [0.2, 0.25) is 0 Å². The standard InChI is InChI=1S/C24H48N4O6/c1-5-8-14-28-23(31)11-17-34-20-24(25-4,18-32-15-9-21(29)26-12-6-2)19-33-16-10-22(30)27-13-7-3/h25H,5-20H2,1-4H3,(H,26,29)(H,27,30)(H,28,31). The second-order valence-electron chi connectivity index (χ2n) is 8.34. The smallest absolute Gasteiger partial charge is 0.222 e. The van der Waals surface area contributed by atoms with Crippen LogP contribution in [-0.2, 0) is 28.6 Å². The van der Waals surface area contributed by atoms with E-state index >= 15 is 0 Å². The van der Waals surface area contributed by atoms with Crippen LogP contribution in [0.4, 0.5) is 0 Å². The Hall–Kier alpha value is -1.75. The minimum absolute atomic E-state index is 0.0350. The lowest BCUT2D eigenvalue weighted by atomic mass is 10.0. The zero-order valence-electron chi connectivity index (χ0n) is 21.8. The number of ether oxygens (including phenoxy) is 3. The highest BCUT2D eigenvalue weighted by Crippen LogP contribution is 2.09. The number of carbonyl (C=O) groups excluding carboxylic acids is 3. The van der Waals surface area contributed by atoms with Crippen LogP contribution in [0.3, 0.4) is 0 Å². The maximum Gasteiger partial charge on any atom is 0.222 e. The first-order valence-electron chi connectivity index (χ1n) is 12.6. The van der Waals surface area contributed by atoms with E-state index in [0.717, 1.165) is 25.7 Å². The highest BCUT2D eigenvalue weighted by atomic mass is 16.5. The van der Waals surface area contributed by atoms with Crippen molar-refractivity contribution in [1.29, 1.82) is 0 Å². The fourth-order valence-electron chi connectivity index (χ4n) is 2.84. The van der Waals surface area contributed by atoms with Gasteiger partial charge < -0.3 is 35.5 Å². The molecule has 0 aliphatic rings. The molecule has 0 aliphatic heterocycles. The van der Waals surface area contributed by atoms with Gasteiger partial charge in [0.05, 0.1) is 45.2 Å². The monoisotopic (exact) mass is 488 g/mol. The van der Waals surface area contributed by atoms with E-state index < -0.39 is 5.54 Å². The third-order valence-electron chi connectivity index (χ3n) is 5.08. The third kappa shape index (κ3) is 17.7. The van der Waals surface area contributed by atoms with Crippen LogP contribution in [0.1, 0.15) is 65.7 Å². The van der Waals surface area contributed by atoms with Crippen LogP contribution in [0.15, 0.2) is 0 Å². The van der Waals surface area contributed by atoms with Gasteiger partial charge in [0.1, 0.15) is 0 Å². The van der Waals surface area contributed by atoms with Crippen molar-refractivity contribution in [3.8, 4) is 0 Å². The summed E-state index contributed by atoms with van der Waals surface area (Å²) < 4.78 is 17.3. The van der Waals surface area contributed by atoms with Crippen molar-refractivity contribution in [2.45, 2.75) is 71.3 Å². The Balaban J connectivity index is 4.59. The number of rotatable bonds is 23. The van der Waals surface area contributed by atoms with Crippen molar-refractivity contribution in [2.75, 3.05) is 66.3 Å². The Bertz CT molecular complexity index is 520. The molecule has 4 N–H and O–H groups in total. The first kappa shape index (κ1) is 32.2. The van der Waals surface area contributed by atoms with E-state index in [1.165, 1.54) is 0 Å². The van der Waals surface area contributed by atoms with Gasteiger partial charge in [0.2, 0.25) is 17.7 Å². The van der Waals surface area contributed by atoms with Crippen molar-refractivity contribution in [1.82, 2.24) is 21.3 Å². The Kier molecular flexibility index (Phi) is 20.6. The molecule has 0 fully saturated rings. The SMILES string of the molecule is CCCCNC(=O)CCOCC(COCCC(=O)NCCC)(COCCC(=O)NCCC)NC. The molecule has 0 spiro atoms. The molecule has 0 aromatic carbocycles. The van der Waals surface area contributed by atoms with Crippen LogP contribution in [0.25, 0.3) is 0 Å². The Morgan fingerprint density at radius 2 is 1.00 bits per heavy atom. The molecule has 0 aromatic heterocycles. The van der Waals surface area contributed by atoms with Gasteiger partial charge in [0.25, 0.3) is 0 Å². The minimum atomic E-state index is -0.668. The number of hydrogen-bond acceptors (Lipinski definition) is 7. The first-order valence-corrected chi connectivity index (χ1v) is 12.6. The van der Waals surface area contributed by atoms with Crippen molar-refractivity contribution in [3.05, 3.63) is 0 Å². The number of likely N-dealkylation sites (N-methyl/N-ethyl adjacent to an activating group) is 1. The Labute approximate surface area is 205 Å². The summed E-state index contributed by atoms with van der Waals surface area (Å²) >= 11 is 0. The van der Waals surface area contributed by atoms with Gasteiger partial charge in [-0.1, -0.05) is 27.2 Å². The van der Waals surface area contributed by atoms with Crippen LogP contribution in [0, 0.1) is 0 Å². The number of amides is 3. The number of carbonyl (C=O) groups is 3. The molecule has 0 aliphatic carbocycles. The normalized spacial score (nSPS) is 11.3. The highest BCUT2D eigenvalue weighted by molar-refractivity contribution is 5.76. The van der Waals surface area contributed by atoms with E-state index in [1.54, 1.807) is 7.05 Å². The molecule has 10 nitrogen and oxygen atoms in total. The molecule has 0 radical (unpaired) electrons. The molecule has 0 atom stereocenters. The first-order chi connectivity index (χ1) is 16.4. The molecule has 0 saturated carbocycles. The van der Waals surface area contributed by atoms with E-state index in [0.29, 0.717) is 19.6 Å². The zero-order chi connectivity index (χ0) is 25.5. The number of hydrogen-bond donors (Lipinski definition) is 4. The van der Waals surface area contributed by atoms with Crippen molar-refractivity contribution >= 4 is 17.7 Å². The van der Waals surface area contributed by atoms with Gasteiger partial charge in [0.15, 0.2) is 0 Å². The quantitative estimate of drug-likeness (QED) is 0.159. The summed E-state index contributed by atoms with van der Waals surface area (Å²) in [6.07, 6.45) is 4.59. The lowest BCUT2D eigenvalue weighted by molar-refractivity contribution is -0.122. The summed E-state index contributed by atoms with van der Waals surface area (Å²) in [5.41, 5.74) is -0.668.